The van der Waals surface area contributed by atoms with E-state index in [0.29, 0.717) is 0 Å². The summed E-state index contributed by atoms with van der Waals surface area (Å²) in [7, 11) is 1.89. The number of carbonyl (C=O) groups excluding carboxylic acids is 1. The maximum Gasteiger partial charge on any atom is 0.223 e. The molecular weight excluding hydrogens is 296 g/mol. The number of rotatable bonds is 6. The van der Waals surface area contributed by atoms with Crippen molar-refractivity contribution in [3.8, 4) is 5.75 Å². The van der Waals surface area contributed by atoms with Crippen molar-refractivity contribution in [3.05, 3.63) is 28.2 Å². The highest BCUT2D eigenvalue weighted by Gasteiger charge is 2.14. The Hall–Kier alpha value is -1.07. The van der Waals surface area contributed by atoms with Crippen LogP contribution in [0.5, 0.6) is 5.75 Å². The molecule has 0 radical (unpaired) electrons. The molecule has 100 valence electrons. The third-order valence-electron chi connectivity index (χ3n) is 2.85. The molecule has 2 unspecified atom stereocenters. The predicted molar refractivity (Wildman–Crippen MR) is 75.5 cm³/mol. The molecule has 4 nitrogen and oxygen atoms in total. The van der Waals surface area contributed by atoms with Crippen molar-refractivity contribution >= 4 is 21.8 Å². The molecule has 1 aromatic carbocycles. The zero-order valence-electron chi connectivity index (χ0n) is 10.9. The molecule has 0 aromatic heterocycles. The van der Waals surface area contributed by atoms with E-state index < -0.39 is 0 Å². The number of primary amides is 1. The van der Waals surface area contributed by atoms with E-state index in [1.54, 1.807) is 6.92 Å². The van der Waals surface area contributed by atoms with Crippen LogP contribution in [-0.4, -0.2) is 19.6 Å². The number of ether oxygens (including phenoxy) is 1. The smallest absolute Gasteiger partial charge is 0.223 e. The molecule has 0 saturated heterocycles. The van der Waals surface area contributed by atoms with Gasteiger partial charge in [0.25, 0.3) is 0 Å². The van der Waals surface area contributed by atoms with Gasteiger partial charge in [0, 0.05) is 16.1 Å². The maximum atomic E-state index is 11.0. The largest absolute Gasteiger partial charge is 0.492 e. The van der Waals surface area contributed by atoms with Crippen molar-refractivity contribution in [2.45, 2.75) is 19.9 Å². The van der Waals surface area contributed by atoms with E-state index in [9.17, 15) is 4.79 Å². The van der Waals surface area contributed by atoms with Crippen molar-refractivity contribution in [1.29, 1.82) is 0 Å². The Morgan fingerprint density at radius 3 is 2.72 bits per heavy atom. The quantitative estimate of drug-likeness (QED) is 0.846. The standard InChI is InChI=1S/C13H19BrN2O2/c1-8(13(15)17)7-18-12-6-10(14)4-5-11(12)9(2)16-3/h4-6,8-9,16H,7H2,1-3H3,(H2,15,17). The zero-order chi connectivity index (χ0) is 13.7. The highest BCUT2D eigenvalue weighted by atomic mass is 79.9. The van der Waals surface area contributed by atoms with E-state index in [1.807, 2.05) is 32.2 Å². The number of nitrogens with one attached hydrogen (secondary N) is 1. The van der Waals surface area contributed by atoms with E-state index in [0.717, 1.165) is 15.8 Å². The second kappa shape index (κ2) is 6.75. The Bertz CT molecular complexity index is 423. The average molecular weight is 315 g/mol. The third kappa shape index (κ3) is 3.99. The van der Waals surface area contributed by atoms with E-state index in [2.05, 4.69) is 21.2 Å². The van der Waals surface area contributed by atoms with Gasteiger partial charge in [-0.15, -0.1) is 0 Å². The number of nitrogens with two attached hydrogens (primary N) is 1. The fourth-order valence-electron chi connectivity index (χ4n) is 1.44. The lowest BCUT2D eigenvalue weighted by atomic mass is 10.1. The molecule has 1 rings (SSSR count). The van der Waals surface area contributed by atoms with Crippen molar-refractivity contribution in [1.82, 2.24) is 5.32 Å². The topological polar surface area (TPSA) is 64.3 Å². The van der Waals surface area contributed by atoms with Gasteiger partial charge in [0.15, 0.2) is 0 Å². The number of hydrogen-bond acceptors (Lipinski definition) is 3. The lowest BCUT2D eigenvalue weighted by Gasteiger charge is -2.18. The first-order valence-electron chi connectivity index (χ1n) is 5.84. The molecule has 18 heavy (non-hydrogen) atoms. The molecule has 1 aromatic rings. The van der Waals surface area contributed by atoms with Gasteiger partial charge in [0.1, 0.15) is 5.75 Å². The monoisotopic (exact) mass is 314 g/mol. The normalized spacial score (nSPS) is 14.0. The van der Waals surface area contributed by atoms with Crippen LogP contribution in [0.1, 0.15) is 25.5 Å². The summed E-state index contributed by atoms with van der Waals surface area (Å²) in [6, 6.07) is 6.04. The Labute approximate surface area is 116 Å². The molecule has 0 bridgehead atoms. The van der Waals surface area contributed by atoms with Gasteiger partial charge in [-0.05, 0) is 26.1 Å². The number of carbonyl (C=O) groups is 1. The van der Waals surface area contributed by atoms with Crippen LogP contribution in [0.4, 0.5) is 0 Å². The summed E-state index contributed by atoms with van der Waals surface area (Å²) in [5.74, 6) is 0.106. The van der Waals surface area contributed by atoms with Gasteiger partial charge in [-0.25, -0.2) is 0 Å². The Morgan fingerprint density at radius 1 is 1.50 bits per heavy atom. The molecule has 5 heteroatoms. The van der Waals surface area contributed by atoms with Crippen LogP contribution in [0.15, 0.2) is 22.7 Å². The van der Waals surface area contributed by atoms with Gasteiger partial charge in [0.2, 0.25) is 5.91 Å². The molecule has 0 heterocycles. The molecule has 0 aliphatic heterocycles. The summed E-state index contributed by atoms with van der Waals surface area (Å²) in [5.41, 5.74) is 6.27. The Morgan fingerprint density at radius 2 is 2.17 bits per heavy atom. The van der Waals surface area contributed by atoms with Crippen molar-refractivity contribution in [2.24, 2.45) is 11.7 Å². The van der Waals surface area contributed by atoms with Crippen LogP contribution >= 0.6 is 15.9 Å². The van der Waals surface area contributed by atoms with Gasteiger partial charge in [0.05, 0.1) is 12.5 Å². The van der Waals surface area contributed by atoms with Gasteiger partial charge in [-0.2, -0.15) is 0 Å². The molecule has 1 amide bonds. The SMILES string of the molecule is CNC(C)c1ccc(Br)cc1OCC(C)C(N)=O. The summed E-state index contributed by atoms with van der Waals surface area (Å²) in [5, 5.41) is 3.16. The molecule has 0 aliphatic rings. The highest BCUT2D eigenvalue weighted by molar-refractivity contribution is 9.10. The fourth-order valence-corrected chi connectivity index (χ4v) is 1.78. The summed E-state index contributed by atoms with van der Waals surface area (Å²) in [6.07, 6.45) is 0. The second-order valence-electron chi connectivity index (χ2n) is 4.31. The first-order valence-corrected chi connectivity index (χ1v) is 6.63. The molecule has 0 saturated carbocycles. The van der Waals surface area contributed by atoms with Crippen molar-refractivity contribution in [2.75, 3.05) is 13.7 Å². The summed E-state index contributed by atoms with van der Waals surface area (Å²) in [6.45, 7) is 4.09. The summed E-state index contributed by atoms with van der Waals surface area (Å²) >= 11 is 3.41. The first-order chi connectivity index (χ1) is 8.45. The van der Waals surface area contributed by atoms with Gasteiger partial charge >= 0.3 is 0 Å². The van der Waals surface area contributed by atoms with Crippen LogP contribution in [0.3, 0.4) is 0 Å². The van der Waals surface area contributed by atoms with E-state index in [-0.39, 0.29) is 24.5 Å². The molecule has 3 N–H and O–H groups in total. The first kappa shape index (κ1) is 15.0. The Balaban J connectivity index is 2.85. The van der Waals surface area contributed by atoms with Crippen LogP contribution < -0.4 is 15.8 Å². The summed E-state index contributed by atoms with van der Waals surface area (Å²) in [4.78, 5) is 11.0. The second-order valence-corrected chi connectivity index (χ2v) is 5.22. The molecular formula is C13H19BrN2O2. The van der Waals surface area contributed by atoms with E-state index >= 15 is 0 Å². The van der Waals surface area contributed by atoms with Gasteiger partial charge in [-0.1, -0.05) is 28.9 Å². The molecule has 0 fully saturated rings. The number of hydrogen-bond donors (Lipinski definition) is 2. The van der Waals surface area contributed by atoms with Crippen LogP contribution in [-0.2, 0) is 4.79 Å². The lowest BCUT2D eigenvalue weighted by molar-refractivity contribution is -0.122. The minimum Gasteiger partial charge on any atom is -0.492 e. The highest BCUT2D eigenvalue weighted by Crippen LogP contribution is 2.28. The molecule has 2 atom stereocenters. The van der Waals surface area contributed by atoms with E-state index in [4.69, 9.17) is 10.5 Å². The maximum absolute atomic E-state index is 11.0. The lowest BCUT2D eigenvalue weighted by Crippen LogP contribution is -2.26. The van der Waals surface area contributed by atoms with Gasteiger partial charge in [-0.3, -0.25) is 4.79 Å². The van der Waals surface area contributed by atoms with E-state index in [1.165, 1.54) is 0 Å². The Kier molecular flexibility index (Phi) is 5.62. The number of benzene rings is 1. The van der Waals surface area contributed by atoms with Crippen LogP contribution in [0, 0.1) is 5.92 Å². The fraction of sp³-hybridized carbons (Fsp3) is 0.462. The predicted octanol–water partition coefficient (Wildman–Crippen LogP) is 2.23. The van der Waals surface area contributed by atoms with Crippen molar-refractivity contribution < 1.29 is 9.53 Å². The number of amides is 1. The van der Waals surface area contributed by atoms with Gasteiger partial charge < -0.3 is 15.8 Å². The molecule has 0 spiro atoms. The number of halogens is 1. The summed E-state index contributed by atoms with van der Waals surface area (Å²) < 4.78 is 6.63. The van der Waals surface area contributed by atoms with Crippen molar-refractivity contribution in [3.63, 3.8) is 0 Å². The average Bonchev–Trinajstić information content (AvgIpc) is 2.34. The third-order valence-corrected chi connectivity index (χ3v) is 3.34. The van der Waals surface area contributed by atoms with Crippen LogP contribution in [0.2, 0.25) is 0 Å². The minimum absolute atomic E-state index is 0.178. The molecule has 0 aliphatic carbocycles. The van der Waals surface area contributed by atoms with Crippen LogP contribution in [0.25, 0.3) is 0 Å². The zero-order valence-corrected chi connectivity index (χ0v) is 12.5. The minimum atomic E-state index is -0.354.